The van der Waals surface area contributed by atoms with Crippen molar-refractivity contribution in [2.24, 2.45) is 14.1 Å². The third-order valence-corrected chi connectivity index (χ3v) is 3.80. The average Bonchev–Trinajstić information content (AvgIpc) is 2.44. The second kappa shape index (κ2) is 6.91. The van der Waals surface area contributed by atoms with Crippen molar-refractivity contribution in [1.29, 1.82) is 0 Å². The summed E-state index contributed by atoms with van der Waals surface area (Å²) in [5.74, 6) is -0.374. The average molecular weight is 317 g/mol. The van der Waals surface area contributed by atoms with Crippen molar-refractivity contribution in [3.8, 4) is 0 Å². The Kier molecular flexibility index (Phi) is 5.74. The van der Waals surface area contributed by atoms with Crippen molar-refractivity contribution < 1.29 is 4.79 Å². The summed E-state index contributed by atoms with van der Waals surface area (Å²) >= 11 is 0. The molecule has 8 heteroatoms. The van der Waals surface area contributed by atoms with E-state index in [0.29, 0.717) is 0 Å². The smallest absolute Gasteiger partial charge is 0.332 e. The van der Waals surface area contributed by atoms with E-state index >= 15 is 0 Å². The Morgan fingerprint density at radius 1 is 1.10 bits per heavy atom. The van der Waals surface area contributed by atoms with Gasteiger partial charge in [-0.3, -0.25) is 23.6 Å². The maximum atomic E-state index is 12.3. The van der Waals surface area contributed by atoms with E-state index < -0.39 is 11.2 Å². The molecule has 0 radical (unpaired) electrons. The normalized spacial score (nSPS) is 15.5. The molecule has 1 aromatic heterocycles. The van der Waals surface area contributed by atoms with E-state index in [0.717, 1.165) is 35.1 Å². The molecule has 0 spiro atoms. The van der Waals surface area contributed by atoms with E-state index in [-0.39, 0.29) is 36.1 Å². The van der Waals surface area contributed by atoms with Crippen molar-refractivity contribution in [1.82, 2.24) is 14.0 Å². The molecule has 1 fully saturated rings. The van der Waals surface area contributed by atoms with Gasteiger partial charge < -0.3 is 5.73 Å². The maximum absolute atomic E-state index is 12.3. The van der Waals surface area contributed by atoms with Gasteiger partial charge in [0.2, 0.25) is 0 Å². The van der Waals surface area contributed by atoms with Crippen molar-refractivity contribution >= 4 is 24.0 Å². The second-order valence-electron chi connectivity index (χ2n) is 5.23. The van der Waals surface area contributed by atoms with Crippen LogP contribution in [0.4, 0.5) is 5.82 Å². The number of nitrogen functional groups attached to an aromatic ring is 1. The molecule has 2 heterocycles. The Labute approximate surface area is 128 Å². The lowest BCUT2D eigenvalue weighted by atomic mass is 10.1. The van der Waals surface area contributed by atoms with Gasteiger partial charge in [-0.2, -0.15) is 0 Å². The van der Waals surface area contributed by atoms with Crippen LogP contribution in [0, 0.1) is 0 Å². The number of hydrogen-bond acceptors (Lipinski definition) is 5. The maximum Gasteiger partial charge on any atom is 0.332 e. The topological polar surface area (TPSA) is 90.3 Å². The lowest BCUT2D eigenvalue weighted by Crippen LogP contribution is -2.43. The fraction of sp³-hybridized carbons (Fsp3) is 0.615. The summed E-state index contributed by atoms with van der Waals surface area (Å²) in [6.45, 7) is 1.90. The zero-order chi connectivity index (χ0) is 14.9. The number of halogens is 1. The second-order valence-corrected chi connectivity index (χ2v) is 5.23. The standard InChI is InChI=1S/C13H20N4O3.ClH/c1-15-11(14)10(12(19)16(2)13(15)20)9(18)8-17-6-4-3-5-7-17;/h3-8,14H2,1-2H3;1H. The van der Waals surface area contributed by atoms with E-state index in [4.69, 9.17) is 5.73 Å². The highest BCUT2D eigenvalue weighted by atomic mass is 35.5. The molecule has 1 aliphatic rings. The minimum atomic E-state index is -0.618. The Morgan fingerprint density at radius 3 is 2.24 bits per heavy atom. The molecule has 21 heavy (non-hydrogen) atoms. The molecule has 118 valence electrons. The van der Waals surface area contributed by atoms with E-state index in [1.165, 1.54) is 20.5 Å². The first-order valence-corrected chi connectivity index (χ1v) is 6.74. The van der Waals surface area contributed by atoms with Gasteiger partial charge in [0.05, 0.1) is 6.54 Å². The number of nitrogens with zero attached hydrogens (tertiary/aromatic N) is 3. The van der Waals surface area contributed by atoms with Crippen LogP contribution in [-0.2, 0) is 14.1 Å². The number of aromatic nitrogens is 2. The van der Waals surface area contributed by atoms with Gasteiger partial charge >= 0.3 is 5.69 Å². The van der Waals surface area contributed by atoms with Crippen LogP contribution < -0.4 is 17.0 Å². The molecular formula is C13H21ClN4O3. The Morgan fingerprint density at radius 2 is 1.67 bits per heavy atom. The number of carbonyl (C=O) groups is 1. The third kappa shape index (κ3) is 3.36. The third-order valence-electron chi connectivity index (χ3n) is 3.80. The van der Waals surface area contributed by atoms with Gasteiger partial charge in [-0.1, -0.05) is 6.42 Å². The quantitative estimate of drug-likeness (QED) is 0.777. The minimum absolute atomic E-state index is 0. The molecule has 0 amide bonds. The number of carbonyl (C=O) groups excluding carboxylic acids is 1. The van der Waals surface area contributed by atoms with Crippen LogP contribution in [0.5, 0.6) is 0 Å². The van der Waals surface area contributed by atoms with Crippen LogP contribution in [0.1, 0.15) is 29.6 Å². The monoisotopic (exact) mass is 316 g/mol. The van der Waals surface area contributed by atoms with Gasteiger partial charge in [-0.25, -0.2) is 4.79 Å². The van der Waals surface area contributed by atoms with Crippen LogP contribution >= 0.6 is 12.4 Å². The molecular weight excluding hydrogens is 296 g/mol. The van der Waals surface area contributed by atoms with Gasteiger partial charge in [-0.15, -0.1) is 12.4 Å². The molecule has 0 aliphatic carbocycles. The van der Waals surface area contributed by atoms with Crippen LogP contribution in [0.2, 0.25) is 0 Å². The summed E-state index contributed by atoms with van der Waals surface area (Å²) in [6.07, 6.45) is 3.30. The van der Waals surface area contributed by atoms with Crippen LogP contribution in [-0.4, -0.2) is 39.5 Å². The van der Waals surface area contributed by atoms with E-state index in [1.54, 1.807) is 0 Å². The summed E-state index contributed by atoms with van der Waals surface area (Å²) in [6, 6.07) is 0. The number of hydrogen-bond donors (Lipinski definition) is 1. The lowest BCUT2D eigenvalue weighted by Gasteiger charge is -2.25. The molecule has 7 nitrogen and oxygen atoms in total. The number of likely N-dealkylation sites (tertiary alicyclic amines) is 1. The van der Waals surface area contributed by atoms with Crippen LogP contribution in [0.25, 0.3) is 0 Å². The fourth-order valence-corrected chi connectivity index (χ4v) is 2.52. The number of anilines is 1. The number of Topliss-reactive ketones (excluding diaryl/α,β-unsaturated/α-hetero) is 1. The predicted molar refractivity (Wildman–Crippen MR) is 83.2 cm³/mol. The predicted octanol–water partition coefficient (Wildman–Crippen LogP) is -0.243. The molecule has 1 aromatic rings. The zero-order valence-corrected chi connectivity index (χ0v) is 13.1. The van der Waals surface area contributed by atoms with Gasteiger partial charge in [0, 0.05) is 14.1 Å². The molecule has 2 rings (SSSR count). The molecule has 0 bridgehead atoms. The highest BCUT2D eigenvalue weighted by molar-refractivity contribution is 6.01. The largest absolute Gasteiger partial charge is 0.384 e. The van der Waals surface area contributed by atoms with Gasteiger partial charge in [0.25, 0.3) is 5.56 Å². The molecule has 0 atom stereocenters. The summed E-state index contributed by atoms with van der Waals surface area (Å²) < 4.78 is 2.05. The Balaban J connectivity index is 0.00000220. The number of piperidine rings is 1. The Hall–Kier alpha value is -1.60. The van der Waals surface area contributed by atoms with E-state index in [2.05, 4.69) is 0 Å². The lowest BCUT2D eigenvalue weighted by molar-refractivity contribution is 0.0913. The van der Waals surface area contributed by atoms with Gasteiger partial charge in [0.15, 0.2) is 5.78 Å². The van der Waals surface area contributed by atoms with Crippen molar-refractivity contribution in [2.75, 3.05) is 25.4 Å². The Bertz CT molecular complexity index is 644. The van der Waals surface area contributed by atoms with E-state index in [9.17, 15) is 14.4 Å². The van der Waals surface area contributed by atoms with E-state index in [1.807, 2.05) is 4.90 Å². The van der Waals surface area contributed by atoms with Gasteiger partial charge in [-0.05, 0) is 25.9 Å². The fourth-order valence-electron chi connectivity index (χ4n) is 2.52. The summed E-state index contributed by atoms with van der Waals surface area (Å²) in [7, 11) is 2.80. The highest BCUT2D eigenvalue weighted by Gasteiger charge is 2.22. The first kappa shape index (κ1) is 17.5. The first-order valence-electron chi connectivity index (χ1n) is 6.74. The molecule has 1 saturated heterocycles. The number of nitrogens with two attached hydrogens (primary N) is 1. The molecule has 0 unspecified atom stereocenters. The van der Waals surface area contributed by atoms with Gasteiger partial charge in [0.1, 0.15) is 11.4 Å². The number of ketones is 1. The van der Waals surface area contributed by atoms with Crippen molar-refractivity contribution in [3.05, 3.63) is 26.4 Å². The minimum Gasteiger partial charge on any atom is -0.384 e. The van der Waals surface area contributed by atoms with Crippen LogP contribution in [0.3, 0.4) is 0 Å². The summed E-state index contributed by atoms with van der Waals surface area (Å²) in [5, 5.41) is 0. The number of rotatable bonds is 3. The first-order chi connectivity index (χ1) is 9.43. The summed E-state index contributed by atoms with van der Waals surface area (Å²) in [4.78, 5) is 38.1. The molecule has 0 saturated carbocycles. The molecule has 2 N–H and O–H groups in total. The zero-order valence-electron chi connectivity index (χ0n) is 12.3. The highest BCUT2D eigenvalue weighted by Crippen LogP contribution is 2.11. The van der Waals surface area contributed by atoms with Crippen molar-refractivity contribution in [2.45, 2.75) is 19.3 Å². The molecule has 0 aromatic carbocycles. The molecule has 1 aliphatic heterocycles. The summed E-state index contributed by atoms with van der Waals surface area (Å²) in [5.41, 5.74) is 4.54. The van der Waals surface area contributed by atoms with Crippen LogP contribution in [0.15, 0.2) is 9.59 Å². The SMILES string of the molecule is Cl.Cn1c(N)c(C(=O)CN2CCCCC2)c(=O)n(C)c1=O. The van der Waals surface area contributed by atoms with Crippen molar-refractivity contribution in [3.63, 3.8) is 0 Å².